The van der Waals surface area contributed by atoms with E-state index in [1.54, 1.807) is 36.4 Å². The first-order valence-corrected chi connectivity index (χ1v) is 7.21. The molecule has 124 valence electrons. The monoisotopic (exact) mass is 347 g/mol. The van der Waals surface area contributed by atoms with Crippen molar-refractivity contribution >= 4 is 29.3 Å². The van der Waals surface area contributed by atoms with Crippen molar-refractivity contribution in [3.05, 3.63) is 74.8 Å². The molecule has 3 N–H and O–H groups in total. The molecule has 7 nitrogen and oxygen atoms in total. The molecule has 0 aliphatic heterocycles. The lowest BCUT2D eigenvalue weighted by Crippen LogP contribution is -2.27. The van der Waals surface area contributed by atoms with Gasteiger partial charge in [-0.2, -0.15) is 0 Å². The SMILES string of the molecule is NNC(=O)/C=C/c1ccc(OCc2ccc([N+](=O)[O-])cc2)c(Cl)c1. The number of nitrogens with one attached hydrogen (secondary N) is 1. The van der Waals surface area contributed by atoms with Gasteiger partial charge in [-0.05, 0) is 41.5 Å². The first kappa shape index (κ1) is 17.5. The summed E-state index contributed by atoms with van der Waals surface area (Å²) >= 11 is 6.14. The van der Waals surface area contributed by atoms with Crippen molar-refractivity contribution in [2.45, 2.75) is 6.61 Å². The molecule has 0 saturated heterocycles. The number of nitro groups is 1. The van der Waals surface area contributed by atoms with Crippen molar-refractivity contribution in [2.75, 3.05) is 0 Å². The number of hydrogen-bond donors (Lipinski definition) is 2. The van der Waals surface area contributed by atoms with Crippen LogP contribution >= 0.6 is 11.6 Å². The number of carbonyl (C=O) groups is 1. The summed E-state index contributed by atoms with van der Waals surface area (Å²) in [6.07, 6.45) is 2.84. The Balaban J connectivity index is 2.01. The average molecular weight is 348 g/mol. The molecule has 0 fully saturated rings. The van der Waals surface area contributed by atoms with Gasteiger partial charge in [0.25, 0.3) is 11.6 Å². The molecule has 0 aromatic heterocycles. The lowest BCUT2D eigenvalue weighted by molar-refractivity contribution is -0.384. The predicted octanol–water partition coefficient (Wildman–Crippen LogP) is 2.83. The molecule has 0 unspecified atom stereocenters. The minimum atomic E-state index is -0.460. The van der Waals surface area contributed by atoms with E-state index in [0.717, 1.165) is 5.56 Å². The van der Waals surface area contributed by atoms with E-state index in [1.165, 1.54) is 18.2 Å². The average Bonchev–Trinajstić information content (AvgIpc) is 2.59. The second kappa shape index (κ2) is 8.09. The number of carbonyl (C=O) groups excluding carboxylic acids is 1. The quantitative estimate of drug-likeness (QED) is 0.274. The fourth-order valence-electron chi connectivity index (χ4n) is 1.83. The molecular formula is C16H14ClN3O4. The van der Waals surface area contributed by atoms with Gasteiger partial charge in [0.05, 0.1) is 9.95 Å². The van der Waals surface area contributed by atoms with Crippen LogP contribution < -0.4 is 16.0 Å². The van der Waals surface area contributed by atoms with E-state index in [9.17, 15) is 14.9 Å². The standard InChI is InChI=1S/C16H14ClN3O4/c17-14-9-11(4-8-16(21)19-18)3-7-15(14)24-10-12-1-5-13(6-2-12)20(22)23/h1-9H,10,18H2,(H,19,21)/b8-4+. The maximum absolute atomic E-state index is 11.0. The van der Waals surface area contributed by atoms with E-state index in [-0.39, 0.29) is 12.3 Å². The van der Waals surface area contributed by atoms with Gasteiger partial charge in [-0.1, -0.05) is 17.7 Å². The van der Waals surface area contributed by atoms with Crippen molar-refractivity contribution in [3.63, 3.8) is 0 Å². The molecule has 24 heavy (non-hydrogen) atoms. The van der Waals surface area contributed by atoms with E-state index in [0.29, 0.717) is 16.3 Å². The zero-order valence-electron chi connectivity index (χ0n) is 12.4. The molecular weight excluding hydrogens is 334 g/mol. The van der Waals surface area contributed by atoms with Gasteiger partial charge in [-0.25, -0.2) is 5.84 Å². The third kappa shape index (κ3) is 4.80. The van der Waals surface area contributed by atoms with Crippen molar-refractivity contribution in [1.29, 1.82) is 0 Å². The van der Waals surface area contributed by atoms with Crippen LogP contribution in [-0.4, -0.2) is 10.8 Å². The van der Waals surface area contributed by atoms with Crippen molar-refractivity contribution in [1.82, 2.24) is 5.43 Å². The molecule has 0 radical (unpaired) electrons. The number of halogens is 1. The summed E-state index contributed by atoms with van der Waals surface area (Å²) in [5, 5.41) is 11.0. The highest BCUT2D eigenvalue weighted by molar-refractivity contribution is 6.32. The number of hydrogen-bond acceptors (Lipinski definition) is 5. The smallest absolute Gasteiger partial charge is 0.269 e. The highest BCUT2D eigenvalue weighted by Crippen LogP contribution is 2.27. The number of non-ortho nitro benzene ring substituents is 1. The third-order valence-electron chi connectivity index (χ3n) is 3.07. The Bertz CT molecular complexity index is 775. The van der Waals surface area contributed by atoms with Crippen LogP contribution in [0.15, 0.2) is 48.5 Å². The van der Waals surface area contributed by atoms with E-state index >= 15 is 0 Å². The number of nitrogens with zero attached hydrogens (tertiary/aromatic N) is 1. The summed E-state index contributed by atoms with van der Waals surface area (Å²) in [7, 11) is 0. The number of nitrogens with two attached hydrogens (primary N) is 1. The molecule has 0 spiro atoms. The molecule has 2 aromatic rings. The Morgan fingerprint density at radius 2 is 2.00 bits per heavy atom. The molecule has 0 atom stereocenters. The second-order valence-electron chi connectivity index (χ2n) is 4.74. The van der Waals surface area contributed by atoms with E-state index < -0.39 is 10.8 Å². The predicted molar refractivity (Wildman–Crippen MR) is 90.2 cm³/mol. The van der Waals surface area contributed by atoms with Crippen molar-refractivity contribution in [3.8, 4) is 5.75 Å². The summed E-state index contributed by atoms with van der Waals surface area (Å²) in [5.74, 6) is 5.02. The lowest BCUT2D eigenvalue weighted by Gasteiger charge is -2.08. The van der Waals surface area contributed by atoms with Crippen LogP contribution in [0.5, 0.6) is 5.75 Å². The van der Waals surface area contributed by atoms with Gasteiger partial charge >= 0.3 is 0 Å². The lowest BCUT2D eigenvalue weighted by atomic mass is 10.2. The minimum Gasteiger partial charge on any atom is -0.487 e. The summed E-state index contributed by atoms with van der Waals surface area (Å²) in [4.78, 5) is 21.2. The Morgan fingerprint density at radius 3 is 2.58 bits per heavy atom. The molecule has 2 rings (SSSR count). The Labute approximate surface area is 142 Å². The normalized spacial score (nSPS) is 10.6. The Hall–Kier alpha value is -2.90. The number of nitro benzene ring substituents is 1. The third-order valence-corrected chi connectivity index (χ3v) is 3.36. The molecule has 2 aromatic carbocycles. The molecule has 0 bridgehead atoms. The second-order valence-corrected chi connectivity index (χ2v) is 5.15. The molecule has 8 heteroatoms. The number of amides is 1. The molecule has 1 amide bonds. The van der Waals surface area contributed by atoms with Crippen LogP contribution in [0.2, 0.25) is 5.02 Å². The highest BCUT2D eigenvalue weighted by Gasteiger charge is 2.06. The van der Waals surface area contributed by atoms with Crippen molar-refractivity contribution < 1.29 is 14.5 Å². The topological polar surface area (TPSA) is 107 Å². The van der Waals surface area contributed by atoms with E-state index in [1.807, 2.05) is 5.43 Å². The van der Waals surface area contributed by atoms with Gasteiger partial charge in [0.15, 0.2) is 0 Å². The van der Waals surface area contributed by atoms with E-state index in [4.69, 9.17) is 22.2 Å². The Morgan fingerprint density at radius 1 is 1.29 bits per heavy atom. The molecule has 0 aliphatic carbocycles. The summed E-state index contributed by atoms with van der Waals surface area (Å²) < 4.78 is 5.60. The van der Waals surface area contributed by atoms with Crippen LogP contribution in [0.3, 0.4) is 0 Å². The van der Waals surface area contributed by atoms with Crippen LogP contribution in [0.25, 0.3) is 6.08 Å². The number of rotatable bonds is 6. The summed E-state index contributed by atoms with van der Waals surface area (Å²) in [6.45, 7) is 0.225. The van der Waals surface area contributed by atoms with Gasteiger partial charge in [0.2, 0.25) is 0 Å². The summed E-state index contributed by atoms with van der Waals surface area (Å²) in [6, 6.07) is 11.1. The molecule has 0 heterocycles. The highest BCUT2D eigenvalue weighted by atomic mass is 35.5. The fraction of sp³-hybridized carbons (Fsp3) is 0.0625. The van der Waals surface area contributed by atoms with Gasteiger partial charge in [0, 0.05) is 18.2 Å². The number of ether oxygens (including phenoxy) is 1. The first-order chi connectivity index (χ1) is 11.5. The number of benzene rings is 2. The van der Waals surface area contributed by atoms with Gasteiger partial charge in [-0.15, -0.1) is 0 Å². The largest absolute Gasteiger partial charge is 0.487 e. The molecule has 0 saturated carbocycles. The zero-order valence-corrected chi connectivity index (χ0v) is 13.2. The summed E-state index contributed by atoms with van der Waals surface area (Å²) in [5.41, 5.74) is 3.50. The van der Waals surface area contributed by atoms with Crippen LogP contribution in [0, 0.1) is 10.1 Å². The maximum atomic E-state index is 11.0. The Kier molecular flexibility index (Phi) is 5.89. The van der Waals surface area contributed by atoms with Crippen LogP contribution in [0.4, 0.5) is 5.69 Å². The van der Waals surface area contributed by atoms with Crippen molar-refractivity contribution in [2.24, 2.45) is 5.84 Å². The van der Waals surface area contributed by atoms with Gasteiger partial charge < -0.3 is 4.74 Å². The fourth-order valence-corrected chi connectivity index (χ4v) is 2.08. The van der Waals surface area contributed by atoms with Gasteiger partial charge in [0.1, 0.15) is 12.4 Å². The maximum Gasteiger partial charge on any atom is 0.269 e. The van der Waals surface area contributed by atoms with E-state index in [2.05, 4.69) is 0 Å². The molecule has 0 aliphatic rings. The van der Waals surface area contributed by atoms with Crippen LogP contribution in [-0.2, 0) is 11.4 Å². The zero-order chi connectivity index (χ0) is 17.5. The van der Waals surface area contributed by atoms with Crippen LogP contribution in [0.1, 0.15) is 11.1 Å². The minimum absolute atomic E-state index is 0.0226. The first-order valence-electron chi connectivity index (χ1n) is 6.84. The van der Waals surface area contributed by atoms with Gasteiger partial charge in [-0.3, -0.25) is 20.3 Å². The number of hydrazine groups is 1.